The Morgan fingerprint density at radius 2 is 1.75 bits per heavy atom. The lowest BCUT2D eigenvalue weighted by Gasteiger charge is -2.31. The standard InChI is InChI=1S/C12H14F3N5/c1-11(2,15)9-18-10(16)20-12(17,19-9)8-6(13)4-3-5-7(8)14/h3-5H,17H2,1-2H3,(H3,16,18,19,20). The molecule has 0 aliphatic carbocycles. The summed E-state index contributed by atoms with van der Waals surface area (Å²) in [6.07, 6.45) is 0. The van der Waals surface area contributed by atoms with E-state index >= 15 is 0 Å². The van der Waals surface area contributed by atoms with E-state index in [4.69, 9.17) is 11.5 Å². The average molecular weight is 285 g/mol. The Morgan fingerprint density at radius 1 is 1.20 bits per heavy atom. The quantitative estimate of drug-likeness (QED) is 0.760. The first-order valence-corrected chi connectivity index (χ1v) is 5.78. The Bertz CT molecular complexity index is 585. The number of nitrogens with one attached hydrogen (secondary N) is 1. The zero-order valence-corrected chi connectivity index (χ0v) is 10.9. The molecule has 0 aromatic heterocycles. The van der Waals surface area contributed by atoms with Crippen LogP contribution in [0.2, 0.25) is 0 Å². The van der Waals surface area contributed by atoms with Crippen LogP contribution < -0.4 is 16.8 Å². The van der Waals surface area contributed by atoms with Gasteiger partial charge in [0.05, 0.1) is 5.56 Å². The van der Waals surface area contributed by atoms with Crippen LogP contribution in [0.5, 0.6) is 0 Å². The summed E-state index contributed by atoms with van der Waals surface area (Å²) in [7, 11) is 0. The molecule has 108 valence electrons. The van der Waals surface area contributed by atoms with Gasteiger partial charge < -0.3 is 11.1 Å². The summed E-state index contributed by atoms with van der Waals surface area (Å²) in [6, 6.07) is 3.20. The Kier molecular flexibility index (Phi) is 3.21. The second kappa shape index (κ2) is 4.48. The van der Waals surface area contributed by atoms with Crippen LogP contribution in [0.4, 0.5) is 13.2 Å². The largest absolute Gasteiger partial charge is 0.370 e. The molecule has 8 heteroatoms. The highest BCUT2D eigenvalue weighted by molar-refractivity contribution is 6.04. The minimum Gasteiger partial charge on any atom is -0.370 e. The summed E-state index contributed by atoms with van der Waals surface area (Å²) < 4.78 is 41.6. The van der Waals surface area contributed by atoms with Gasteiger partial charge in [0.15, 0.2) is 11.6 Å². The SMILES string of the molecule is CC(C)(F)C1=NC(N)(c2c(F)cccc2F)N=C(N)N1. The molecule has 1 atom stereocenters. The van der Waals surface area contributed by atoms with E-state index in [1.165, 1.54) is 19.9 Å². The Hall–Kier alpha value is -2.09. The van der Waals surface area contributed by atoms with Gasteiger partial charge in [0.2, 0.25) is 5.79 Å². The lowest BCUT2D eigenvalue weighted by atomic mass is 10.1. The van der Waals surface area contributed by atoms with E-state index in [2.05, 4.69) is 15.3 Å². The molecule has 5 nitrogen and oxygen atoms in total. The fraction of sp³-hybridized carbons (Fsp3) is 0.333. The van der Waals surface area contributed by atoms with Crippen molar-refractivity contribution >= 4 is 11.8 Å². The van der Waals surface area contributed by atoms with E-state index in [9.17, 15) is 13.2 Å². The summed E-state index contributed by atoms with van der Waals surface area (Å²) >= 11 is 0. The van der Waals surface area contributed by atoms with E-state index in [0.29, 0.717) is 0 Å². The molecule has 20 heavy (non-hydrogen) atoms. The van der Waals surface area contributed by atoms with Crippen molar-refractivity contribution in [3.8, 4) is 0 Å². The molecule has 5 N–H and O–H groups in total. The topological polar surface area (TPSA) is 88.8 Å². The maximum Gasteiger partial charge on any atom is 0.239 e. The molecular weight excluding hydrogens is 271 g/mol. The molecule has 1 aromatic carbocycles. The number of nitrogens with zero attached hydrogens (tertiary/aromatic N) is 2. The van der Waals surface area contributed by atoms with Crippen molar-refractivity contribution in [1.29, 1.82) is 0 Å². The fourth-order valence-electron chi connectivity index (χ4n) is 1.80. The molecule has 1 aromatic rings. The molecule has 1 aliphatic rings. The first-order valence-electron chi connectivity index (χ1n) is 5.78. The van der Waals surface area contributed by atoms with Gasteiger partial charge >= 0.3 is 0 Å². The number of nitrogens with two attached hydrogens (primary N) is 2. The van der Waals surface area contributed by atoms with Crippen LogP contribution >= 0.6 is 0 Å². The minimum atomic E-state index is -2.15. The van der Waals surface area contributed by atoms with Gasteiger partial charge in [0, 0.05) is 0 Å². The van der Waals surface area contributed by atoms with Gasteiger partial charge in [-0.05, 0) is 26.0 Å². The van der Waals surface area contributed by atoms with Crippen LogP contribution in [0, 0.1) is 11.6 Å². The predicted molar refractivity (Wildman–Crippen MR) is 69.6 cm³/mol. The van der Waals surface area contributed by atoms with Crippen LogP contribution in [0.15, 0.2) is 28.2 Å². The first-order chi connectivity index (χ1) is 9.13. The molecule has 2 rings (SSSR count). The third-order valence-electron chi connectivity index (χ3n) is 2.71. The van der Waals surface area contributed by atoms with Crippen molar-refractivity contribution in [3.63, 3.8) is 0 Å². The molecule has 0 bridgehead atoms. The molecule has 1 heterocycles. The lowest BCUT2D eigenvalue weighted by Crippen LogP contribution is -2.54. The van der Waals surface area contributed by atoms with Gasteiger partial charge in [0.1, 0.15) is 17.5 Å². The van der Waals surface area contributed by atoms with E-state index in [1.54, 1.807) is 0 Å². The van der Waals surface area contributed by atoms with E-state index in [1.807, 2.05) is 0 Å². The molecule has 0 spiro atoms. The average Bonchev–Trinajstić information content (AvgIpc) is 2.25. The van der Waals surface area contributed by atoms with E-state index in [-0.39, 0.29) is 11.8 Å². The van der Waals surface area contributed by atoms with Crippen molar-refractivity contribution in [1.82, 2.24) is 5.32 Å². The summed E-state index contributed by atoms with van der Waals surface area (Å²) in [5.74, 6) is -4.55. The van der Waals surface area contributed by atoms with Crippen LogP contribution in [-0.4, -0.2) is 17.5 Å². The van der Waals surface area contributed by atoms with Gasteiger partial charge in [-0.25, -0.2) is 23.2 Å². The number of alkyl halides is 1. The molecular formula is C12H14F3N5. The van der Waals surface area contributed by atoms with Gasteiger partial charge in [-0.2, -0.15) is 0 Å². The second-order valence-corrected chi connectivity index (χ2v) is 4.88. The molecule has 1 unspecified atom stereocenters. The van der Waals surface area contributed by atoms with Crippen molar-refractivity contribution in [2.24, 2.45) is 21.5 Å². The first kappa shape index (κ1) is 14.3. The van der Waals surface area contributed by atoms with Gasteiger partial charge in [0.25, 0.3) is 0 Å². The van der Waals surface area contributed by atoms with Crippen molar-refractivity contribution in [2.45, 2.75) is 25.3 Å². The molecule has 0 saturated heterocycles. The molecule has 0 radical (unpaired) electrons. The molecule has 0 saturated carbocycles. The van der Waals surface area contributed by atoms with Crippen LogP contribution in [-0.2, 0) is 5.79 Å². The highest BCUT2D eigenvalue weighted by Gasteiger charge is 2.39. The number of rotatable bonds is 2. The van der Waals surface area contributed by atoms with Crippen molar-refractivity contribution in [3.05, 3.63) is 35.4 Å². The third kappa shape index (κ3) is 2.46. The monoisotopic (exact) mass is 285 g/mol. The summed E-state index contributed by atoms with van der Waals surface area (Å²) in [5.41, 5.74) is 8.80. The zero-order valence-electron chi connectivity index (χ0n) is 10.9. The second-order valence-electron chi connectivity index (χ2n) is 4.88. The third-order valence-corrected chi connectivity index (χ3v) is 2.71. The normalized spacial score (nSPS) is 22.9. The maximum atomic E-state index is 14.0. The summed E-state index contributed by atoms with van der Waals surface area (Å²) in [6.45, 7) is 2.41. The lowest BCUT2D eigenvalue weighted by molar-refractivity contribution is 0.299. The summed E-state index contributed by atoms with van der Waals surface area (Å²) in [5, 5.41) is 2.40. The Labute approximate surface area is 113 Å². The summed E-state index contributed by atoms with van der Waals surface area (Å²) in [4.78, 5) is 7.48. The smallest absolute Gasteiger partial charge is 0.239 e. The maximum absolute atomic E-state index is 14.0. The fourth-order valence-corrected chi connectivity index (χ4v) is 1.80. The van der Waals surface area contributed by atoms with Crippen LogP contribution in [0.1, 0.15) is 19.4 Å². The van der Waals surface area contributed by atoms with Crippen LogP contribution in [0.25, 0.3) is 0 Å². The number of hydrogen-bond acceptors (Lipinski definition) is 5. The molecule has 0 fully saturated rings. The molecule has 1 aliphatic heterocycles. The number of halogens is 3. The van der Waals surface area contributed by atoms with Crippen LogP contribution in [0.3, 0.4) is 0 Å². The number of amidine groups is 1. The highest BCUT2D eigenvalue weighted by Crippen LogP contribution is 2.30. The van der Waals surface area contributed by atoms with Gasteiger partial charge in [-0.1, -0.05) is 6.07 Å². The Morgan fingerprint density at radius 3 is 2.25 bits per heavy atom. The van der Waals surface area contributed by atoms with Gasteiger partial charge in [-0.15, -0.1) is 0 Å². The van der Waals surface area contributed by atoms with Gasteiger partial charge in [-0.3, -0.25) is 5.73 Å². The zero-order chi connectivity index (χ0) is 15.1. The highest BCUT2D eigenvalue weighted by atomic mass is 19.1. The minimum absolute atomic E-state index is 0.254. The number of aliphatic imine (C=N–C) groups is 2. The Balaban J connectivity index is 2.63. The number of benzene rings is 1. The predicted octanol–water partition coefficient (Wildman–Crippen LogP) is 1.10. The van der Waals surface area contributed by atoms with E-state index < -0.39 is 28.7 Å². The molecule has 0 amide bonds. The number of hydrogen-bond donors (Lipinski definition) is 3. The van der Waals surface area contributed by atoms with E-state index in [0.717, 1.165) is 12.1 Å². The van der Waals surface area contributed by atoms with Crippen molar-refractivity contribution < 1.29 is 13.2 Å². The van der Waals surface area contributed by atoms with Crippen molar-refractivity contribution in [2.75, 3.05) is 0 Å². The number of guanidine groups is 1.